The summed E-state index contributed by atoms with van der Waals surface area (Å²) in [7, 11) is 0. The molecule has 0 saturated carbocycles. The van der Waals surface area contributed by atoms with E-state index in [1.807, 2.05) is 61.5 Å². The van der Waals surface area contributed by atoms with Crippen LogP contribution in [0.2, 0.25) is 0 Å². The van der Waals surface area contributed by atoms with E-state index in [1.165, 1.54) is 6.07 Å². The summed E-state index contributed by atoms with van der Waals surface area (Å²) in [5.74, 6) is -0.00939. The fourth-order valence-electron chi connectivity index (χ4n) is 3.70. The van der Waals surface area contributed by atoms with E-state index in [0.717, 1.165) is 21.9 Å². The van der Waals surface area contributed by atoms with Crippen LogP contribution in [0.3, 0.4) is 0 Å². The van der Waals surface area contributed by atoms with Crippen LogP contribution in [0.15, 0.2) is 83.3 Å². The molecule has 0 radical (unpaired) electrons. The first-order valence-electron chi connectivity index (χ1n) is 10.3. The number of aromatic nitrogens is 1. The largest absolute Gasteiger partial charge is 0.507 e. The van der Waals surface area contributed by atoms with Gasteiger partial charge in [0.2, 0.25) is 5.89 Å². The van der Waals surface area contributed by atoms with Gasteiger partial charge in [-0.15, -0.1) is 0 Å². The van der Waals surface area contributed by atoms with Gasteiger partial charge in [0.15, 0.2) is 10.7 Å². The SMILES string of the molecule is Cc1ccc2oc(-c3ccc(NC(=S)NC(=O)c4cccc5ccccc45)cc3O)nc2c1. The fraction of sp³-hybridized carbons (Fsp3) is 0.0385. The Bertz CT molecular complexity index is 1540. The summed E-state index contributed by atoms with van der Waals surface area (Å²) in [5.41, 5.74) is 3.96. The number of phenols is 1. The molecule has 33 heavy (non-hydrogen) atoms. The maximum absolute atomic E-state index is 12.8. The van der Waals surface area contributed by atoms with Gasteiger partial charge in [-0.25, -0.2) is 4.98 Å². The number of nitrogens with zero attached hydrogens (tertiary/aromatic N) is 1. The van der Waals surface area contributed by atoms with Crippen LogP contribution in [0.5, 0.6) is 5.75 Å². The molecule has 5 rings (SSSR count). The van der Waals surface area contributed by atoms with E-state index in [0.29, 0.717) is 28.3 Å². The summed E-state index contributed by atoms with van der Waals surface area (Å²) in [5, 5.41) is 18.1. The molecule has 0 fully saturated rings. The number of nitrogens with one attached hydrogen (secondary N) is 2. The number of thiocarbonyl (C=S) groups is 1. The maximum atomic E-state index is 12.8. The quantitative estimate of drug-likeness (QED) is 0.300. The number of aryl methyl sites for hydroxylation is 1. The Hall–Kier alpha value is -4.23. The molecule has 6 nitrogen and oxygen atoms in total. The van der Waals surface area contributed by atoms with Crippen LogP contribution >= 0.6 is 12.2 Å². The molecule has 5 aromatic rings. The standard InChI is InChI=1S/C26H19N3O3S/c1-15-9-12-23-21(13-15)28-25(32-23)20-11-10-17(14-22(20)30)27-26(33)29-24(31)19-8-4-6-16-5-2-3-7-18(16)19/h2-14,30H,1H3,(H2,27,29,31,33). The summed E-state index contributed by atoms with van der Waals surface area (Å²) in [6, 6.07) is 23.8. The van der Waals surface area contributed by atoms with Gasteiger partial charge in [-0.3, -0.25) is 10.1 Å². The van der Waals surface area contributed by atoms with Gasteiger partial charge in [-0.1, -0.05) is 42.5 Å². The molecule has 3 N–H and O–H groups in total. The van der Waals surface area contributed by atoms with Crippen molar-refractivity contribution in [3.63, 3.8) is 0 Å². The van der Waals surface area contributed by atoms with Crippen LogP contribution in [0.1, 0.15) is 15.9 Å². The minimum absolute atomic E-state index is 0.0218. The Morgan fingerprint density at radius 3 is 2.67 bits per heavy atom. The number of amides is 1. The molecular weight excluding hydrogens is 434 g/mol. The number of hydrogen-bond acceptors (Lipinski definition) is 5. The average molecular weight is 454 g/mol. The molecule has 7 heteroatoms. The monoisotopic (exact) mass is 453 g/mol. The number of benzene rings is 4. The van der Waals surface area contributed by atoms with E-state index in [1.54, 1.807) is 18.2 Å². The highest BCUT2D eigenvalue weighted by Crippen LogP contribution is 2.33. The zero-order chi connectivity index (χ0) is 22.9. The van der Waals surface area contributed by atoms with Crippen molar-refractivity contribution in [1.29, 1.82) is 0 Å². The first-order chi connectivity index (χ1) is 16.0. The number of aromatic hydroxyl groups is 1. The third kappa shape index (κ3) is 4.14. The lowest BCUT2D eigenvalue weighted by atomic mass is 10.0. The van der Waals surface area contributed by atoms with Crippen LogP contribution in [0, 0.1) is 6.92 Å². The Labute approximate surface area is 194 Å². The predicted molar refractivity (Wildman–Crippen MR) is 133 cm³/mol. The first kappa shape index (κ1) is 20.7. The summed E-state index contributed by atoms with van der Waals surface area (Å²) < 4.78 is 5.77. The lowest BCUT2D eigenvalue weighted by molar-refractivity contribution is 0.0979. The minimum atomic E-state index is -0.313. The van der Waals surface area contributed by atoms with E-state index in [2.05, 4.69) is 15.6 Å². The zero-order valence-corrected chi connectivity index (χ0v) is 18.4. The highest BCUT2D eigenvalue weighted by atomic mass is 32.1. The number of rotatable bonds is 3. The Kier molecular flexibility index (Phi) is 5.24. The molecule has 0 unspecified atom stereocenters. The second-order valence-electron chi connectivity index (χ2n) is 7.66. The molecule has 1 amide bonds. The molecule has 0 spiro atoms. The van der Waals surface area contributed by atoms with Gasteiger partial charge in [0.25, 0.3) is 5.91 Å². The number of hydrogen-bond donors (Lipinski definition) is 3. The molecule has 162 valence electrons. The van der Waals surface area contributed by atoms with E-state index >= 15 is 0 Å². The summed E-state index contributed by atoms with van der Waals surface area (Å²) in [4.78, 5) is 17.2. The van der Waals surface area contributed by atoms with Crippen molar-refractivity contribution in [3.8, 4) is 17.2 Å². The van der Waals surface area contributed by atoms with Crippen LogP contribution in [-0.4, -0.2) is 21.1 Å². The number of anilines is 1. The van der Waals surface area contributed by atoms with E-state index in [9.17, 15) is 9.90 Å². The highest BCUT2D eigenvalue weighted by molar-refractivity contribution is 7.80. The Morgan fingerprint density at radius 2 is 1.82 bits per heavy atom. The van der Waals surface area contributed by atoms with Gasteiger partial charge < -0.3 is 14.8 Å². The number of fused-ring (bicyclic) bond motifs is 2. The molecule has 0 aliphatic carbocycles. The molecule has 0 atom stereocenters. The molecular formula is C26H19N3O3S. The van der Waals surface area contributed by atoms with Crippen LogP contribution in [-0.2, 0) is 0 Å². The van der Waals surface area contributed by atoms with Crippen LogP contribution < -0.4 is 10.6 Å². The Balaban J connectivity index is 1.32. The smallest absolute Gasteiger partial charge is 0.258 e. The highest BCUT2D eigenvalue weighted by Gasteiger charge is 2.15. The van der Waals surface area contributed by atoms with Gasteiger partial charge in [-0.05, 0) is 65.8 Å². The number of carbonyl (C=O) groups is 1. The van der Waals surface area contributed by atoms with Crippen molar-refractivity contribution in [2.75, 3.05) is 5.32 Å². The molecule has 4 aromatic carbocycles. The van der Waals surface area contributed by atoms with Gasteiger partial charge in [0.05, 0.1) is 5.56 Å². The molecule has 0 saturated heterocycles. The van der Waals surface area contributed by atoms with E-state index in [-0.39, 0.29) is 16.8 Å². The van der Waals surface area contributed by atoms with Crippen LogP contribution in [0.4, 0.5) is 5.69 Å². The molecule has 0 bridgehead atoms. The molecule has 0 aliphatic rings. The van der Waals surface area contributed by atoms with E-state index in [4.69, 9.17) is 16.6 Å². The summed E-state index contributed by atoms with van der Waals surface area (Å²) >= 11 is 5.30. The molecule has 1 heterocycles. The number of oxazole rings is 1. The van der Waals surface area contributed by atoms with Crippen molar-refractivity contribution in [1.82, 2.24) is 10.3 Å². The van der Waals surface area contributed by atoms with Crippen molar-refractivity contribution in [2.24, 2.45) is 0 Å². The normalized spacial score (nSPS) is 10.9. The summed E-state index contributed by atoms with van der Waals surface area (Å²) in [6.07, 6.45) is 0. The average Bonchev–Trinajstić information content (AvgIpc) is 3.21. The molecule has 0 aliphatic heterocycles. The van der Waals surface area contributed by atoms with Crippen LogP contribution in [0.25, 0.3) is 33.3 Å². The van der Waals surface area contributed by atoms with Crippen molar-refractivity contribution in [2.45, 2.75) is 6.92 Å². The fourth-order valence-corrected chi connectivity index (χ4v) is 3.91. The van der Waals surface area contributed by atoms with Gasteiger partial charge in [0.1, 0.15) is 11.3 Å². The zero-order valence-electron chi connectivity index (χ0n) is 17.6. The topological polar surface area (TPSA) is 87.4 Å². The minimum Gasteiger partial charge on any atom is -0.507 e. The van der Waals surface area contributed by atoms with Gasteiger partial charge in [-0.2, -0.15) is 0 Å². The Morgan fingerprint density at radius 1 is 1.00 bits per heavy atom. The van der Waals surface area contributed by atoms with Gasteiger partial charge >= 0.3 is 0 Å². The number of carbonyl (C=O) groups excluding carboxylic acids is 1. The lowest BCUT2D eigenvalue weighted by Gasteiger charge is -2.12. The second kappa shape index (κ2) is 8.37. The second-order valence-corrected chi connectivity index (χ2v) is 8.07. The molecule has 1 aromatic heterocycles. The van der Waals surface area contributed by atoms with Crippen molar-refractivity contribution < 1.29 is 14.3 Å². The van der Waals surface area contributed by atoms with Crippen molar-refractivity contribution in [3.05, 3.63) is 90.0 Å². The van der Waals surface area contributed by atoms with Crippen molar-refractivity contribution >= 4 is 50.8 Å². The third-order valence-electron chi connectivity index (χ3n) is 5.29. The van der Waals surface area contributed by atoms with Gasteiger partial charge in [0, 0.05) is 17.3 Å². The van der Waals surface area contributed by atoms with E-state index < -0.39 is 0 Å². The number of phenolic OH excluding ortho intramolecular Hbond substituents is 1. The maximum Gasteiger partial charge on any atom is 0.258 e. The first-order valence-corrected chi connectivity index (χ1v) is 10.7. The predicted octanol–water partition coefficient (Wildman–Crippen LogP) is 5.79. The summed E-state index contributed by atoms with van der Waals surface area (Å²) in [6.45, 7) is 1.98. The lowest BCUT2D eigenvalue weighted by Crippen LogP contribution is -2.34. The third-order valence-corrected chi connectivity index (χ3v) is 5.49.